The Balaban J connectivity index is 2.54. The van der Waals surface area contributed by atoms with E-state index in [4.69, 9.17) is 5.11 Å². The molecule has 19 nitrogen and oxygen atoms in total. The van der Waals surface area contributed by atoms with E-state index in [0.717, 1.165) is 11.3 Å². The topological polar surface area (TPSA) is 304 Å². The molecule has 1 aromatic heterocycles. The lowest BCUT2D eigenvalue weighted by Crippen LogP contribution is -2.64. The van der Waals surface area contributed by atoms with Gasteiger partial charge in [0, 0.05) is 19.3 Å². The van der Waals surface area contributed by atoms with Gasteiger partial charge in [-0.3, -0.25) is 43.2 Å². The Bertz CT molecular complexity index is 2010. The number of carboxylic acid groups (broad SMARTS) is 3. The number of carboxylic acids is 3. The first-order chi connectivity index (χ1) is 29.2. The molecular weight excluding hydrogens is 862 g/mol. The third-order valence-corrected chi connectivity index (χ3v) is 10.2. The molecule has 0 spiro atoms. The highest BCUT2D eigenvalue weighted by molar-refractivity contribution is 7.08. The van der Waals surface area contributed by atoms with Crippen LogP contribution in [-0.4, -0.2) is 111 Å². The van der Waals surface area contributed by atoms with Gasteiger partial charge < -0.3 is 52.0 Å². The molecule has 0 aliphatic heterocycles. The number of benzene rings is 1. The number of nitrogens with one attached hydrogen (secondary N) is 6. The average molecular weight is 913 g/mol. The molecule has 23 heteroatoms. The highest BCUT2D eigenvalue weighted by Crippen LogP contribution is 2.28. The van der Waals surface area contributed by atoms with Crippen LogP contribution < -0.4 is 31.9 Å². The number of aliphatic carboxylic acids is 3. The smallest absolute Gasteiger partial charge is 0.391 e. The molecule has 0 bridgehead atoms. The van der Waals surface area contributed by atoms with E-state index in [2.05, 4.69) is 26.6 Å². The van der Waals surface area contributed by atoms with Crippen LogP contribution in [0.15, 0.2) is 41.1 Å². The van der Waals surface area contributed by atoms with Crippen molar-refractivity contribution < 1.29 is 76.4 Å². The van der Waals surface area contributed by atoms with Crippen LogP contribution >= 0.6 is 11.3 Å². The summed E-state index contributed by atoms with van der Waals surface area (Å²) in [6, 6.07) is -0.705. The molecule has 63 heavy (non-hydrogen) atoms. The van der Waals surface area contributed by atoms with Crippen molar-refractivity contribution in [2.45, 2.75) is 121 Å². The first-order valence-corrected chi connectivity index (χ1v) is 20.2. The molecule has 0 aliphatic rings. The summed E-state index contributed by atoms with van der Waals surface area (Å²) in [6.45, 7) is 7.48. The van der Waals surface area contributed by atoms with E-state index >= 15 is 0 Å². The molecule has 0 saturated heterocycles. The minimum absolute atomic E-state index is 0.0999. The summed E-state index contributed by atoms with van der Waals surface area (Å²) in [5, 5.41) is 44.5. The van der Waals surface area contributed by atoms with Crippen LogP contribution in [0.2, 0.25) is 0 Å². The van der Waals surface area contributed by atoms with Crippen LogP contribution in [0, 0.1) is 12.3 Å². The van der Waals surface area contributed by atoms with E-state index in [-0.39, 0.29) is 18.3 Å². The first kappa shape index (κ1) is 52.7. The lowest BCUT2D eigenvalue weighted by Gasteiger charge is -2.36. The molecule has 6 amide bonds. The molecule has 0 saturated carbocycles. The number of aldehydes is 1. The van der Waals surface area contributed by atoms with Crippen LogP contribution in [0.5, 0.6) is 0 Å². The maximum atomic E-state index is 14.3. The Morgan fingerprint density at radius 1 is 0.714 bits per heavy atom. The number of halogens is 3. The average Bonchev–Trinajstić information content (AvgIpc) is 3.72. The van der Waals surface area contributed by atoms with Crippen molar-refractivity contribution in [3.63, 3.8) is 0 Å². The lowest BCUT2D eigenvalue weighted by atomic mass is 9.84. The molecule has 0 aliphatic carbocycles. The number of hydrogen-bond acceptors (Lipinski definition) is 11. The first-order valence-electron chi connectivity index (χ1n) is 19.2. The molecule has 0 unspecified atom stereocenters. The fourth-order valence-corrected chi connectivity index (χ4v) is 6.73. The molecule has 0 radical (unpaired) electrons. The summed E-state index contributed by atoms with van der Waals surface area (Å²) in [4.78, 5) is 127. The standard InChI is InChI=1S/C40H51F3N6O13S/c1-21-8-6-7-9-22(21)16-26(47-33(58)25(10-12-29(52)53)46-34(59)27(17-31(56)57)45-28(51)11-13-30(54)55)35(60)48-32(38(2,3)4)36(61)49-39(5,23-14-15-63-20-23)37(62)44-24(19-50)18-40(41,42)43/h6-9,14-15,19-20,24-27,32H,10-13,16-18H2,1-5H3,(H,44,62)(H,45,51)(H,46,59)(H,47,58)(H,48,60)(H,49,61)(H,52,53)(H,54,55)(H,56,57)/t24-,25-,26-,27-,32+,39+/m0/s1. The van der Waals surface area contributed by atoms with Gasteiger partial charge in [-0.1, -0.05) is 45.0 Å². The number of carbonyl (C=O) groups excluding carboxylic acids is 7. The van der Waals surface area contributed by atoms with Gasteiger partial charge in [-0.05, 0) is 59.2 Å². The molecule has 0 fully saturated rings. The van der Waals surface area contributed by atoms with Gasteiger partial charge in [0.05, 0.1) is 25.3 Å². The quantitative estimate of drug-likeness (QED) is 0.0675. The fraction of sp³-hybridized carbons (Fsp3) is 0.500. The molecule has 2 rings (SSSR count). The number of aryl methyl sites for hydroxylation is 1. The predicted octanol–water partition coefficient (Wildman–Crippen LogP) is 1.46. The number of amides is 6. The van der Waals surface area contributed by atoms with Gasteiger partial charge in [0.15, 0.2) is 0 Å². The van der Waals surface area contributed by atoms with Crippen LogP contribution in [0.1, 0.15) is 82.9 Å². The Hall–Kier alpha value is -6.39. The summed E-state index contributed by atoms with van der Waals surface area (Å²) in [7, 11) is 0. The number of alkyl halides is 3. The van der Waals surface area contributed by atoms with Crippen molar-refractivity contribution in [3.8, 4) is 0 Å². The Kier molecular flexibility index (Phi) is 19.4. The second-order valence-corrected chi connectivity index (χ2v) is 16.5. The molecule has 346 valence electrons. The van der Waals surface area contributed by atoms with Crippen molar-refractivity contribution in [2.75, 3.05) is 0 Å². The van der Waals surface area contributed by atoms with E-state index in [1.54, 1.807) is 31.2 Å². The van der Waals surface area contributed by atoms with Crippen molar-refractivity contribution >= 4 is 71.0 Å². The van der Waals surface area contributed by atoms with Gasteiger partial charge in [-0.25, -0.2) is 0 Å². The summed E-state index contributed by atoms with van der Waals surface area (Å²) in [6.07, 6.45) is -10.5. The minimum atomic E-state index is -4.83. The van der Waals surface area contributed by atoms with Crippen molar-refractivity contribution in [3.05, 3.63) is 57.8 Å². The molecule has 6 atom stereocenters. The van der Waals surface area contributed by atoms with E-state index in [9.17, 15) is 71.3 Å². The zero-order valence-corrected chi connectivity index (χ0v) is 35.7. The van der Waals surface area contributed by atoms with Gasteiger partial charge >= 0.3 is 24.1 Å². The molecule has 2 aromatic rings. The SMILES string of the molecule is Cc1ccccc1C[C@H](NC(=O)[C@H](CCC(=O)O)NC(=O)[C@H](CC(=O)O)NC(=O)CCC(=O)O)C(=O)N[C@H](C(=O)N[C@@](C)(C(=O)N[C@H](C=O)CC(F)(F)F)c1ccsc1)C(C)(C)C. The van der Waals surface area contributed by atoms with Crippen LogP contribution in [0.4, 0.5) is 13.2 Å². The summed E-state index contributed by atoms with van der Waals surface area (Å²) >= 11 is 1.09. The maximum absolute atomic E-state index is 14.3. The van der Waals surface area contributed by atoms with Gasteiger partial charge in [-0.15, -0.1) is 0 Å². The monoisotopic (exact) mass is 912 g/mol. The van der Waals surface area contributed by atoms with Crippen LogP contribution in [0.25, 0.3) is 0 Å². The fourth-order valence-electron chi connectivity index (χ4n) is 5.96. The number of carbonyl (C=O) groups is 10. The van der Waals surface area contributed by atoms with E-state index in [1.165, 1.54) is 44.5 Å². The van der Waals surface area contributed by atoms with Crippen LogP contribution in [-0.2, 0) is 59.9 Å². The minimum Gasteiger partial charge on any atom is -0.481 e. The summed E-state index contributed by atoms with van der Waals surface area (Å²) in [5.41, 5.74) is -2.00. The Morgan fingerprint density at radius 2 is 1.30 bits per heavy atom. The van der Waals surface area contributed by atoms with Crippen LogP contribution in [0.3, 0.4) is 0 Å². The third kappa shape index (κ3) is 17.5. The predicted molar refractivity (Wildman–Crippen MR) is 217 cm³/mol. The Labute approximate surface area is 363 Å². The number of thiophene rings is 1. The van der Waals surface area contributed by atoms with E-state index < -0.39 is 139 Å². The number of rotatable bonds is 24. The molecule has 1 aromatic carbocycles. The van der Waals surface area contributed by atoms with Crippen molar-refractivity contribution in [1.82, 2.24) is 31.9 Å². The number of hydrogen-bond donors (Lipinski definition) is 9. The zero-order valence-electron chi connectivity index (χ0n) is 34.9. The molecular formula is C40H51F3N6O13S. The van der Waals surface area contributed by atoms with E-state index in [0.29, 0.717) is 11.1 Å². The molecule has 1 heterocycles. The van der Waals surface area contributed by atoms with Gasteiger partial charge in [0.25, 0.3) is 5.91 Å². The van der Waals surface area contributed by atoms with E-state index in [1.807, 2.05) is 5.32 Å². The largest absolute Gasteiger partial charge is 0.481 e. The lowest BCUT2D eigenvalue weighted by molar-refractivity contribution is -0.148. The maximum Gasteiger partial charge on any atom is 0.391 e. The third-order valence-electron chi connectivity index (χ3n) is 9.47. The summed E-state index contributed by atoms with van der Waals surface area (Å²) in [5.74, 6) is -11.0. The second-order valence-electron chi connectivity index (χ2n) is 15.8. The van der Waals surface area contributed by atoms with Gasteiger partial charge in [0.1, 0.15) is 36.0 Å². The van der Waals surface area contributed by atoms with Crippen molar-refractivity contribution in [1.29, 1.82) is 0 Å². The normalized spacial score (nSPS) is 14.8. The molecule has 9 N–H and O–H groups in total. The van der Waals surface area contributed by atoms with Gasteiger partial charge in [-0.2, -0.15) is 24.5 Å². The highest BCUT2D eigenvalue weighted by Gasteiger charge is 2.44. The zero-order chi connectivity index (χ0) is 47.9. The highest BCUT2D eigenvalue weighted by atomic mass is 32.1. The van der Waals surface area contributed by atoms with Crippen molar-refractivity contribution in [2.24, 2.45) is 5.41 Å². The van der Waals surface area contributed by atoms with Gasteiger partial charge in [0.2, 0.25) is 29.5 Å². The summed E-state index contributed by atoms with van der Waals surface area (Å²) < 4.78 is 39.5. The second kappa shape index (κ2) is 23.2. The Morgan fingerprint density at radius 3 is 1.83 bits per heavy atom.